The first-order chi connectivity index (χ1) is 16.4. The van der Waals surface area contributed by atoms with Gasteiger partial charge in [0, 0.05) is 5.69 Å². The van der Waals surface area contributed by atoms with Crippen molar-refractivity contribution in [2.45, 2.75) is 32.7 Å². The number of carbonyl (C=O) groups is 1. The quantitative estimate of drug-likeness (QED) is 0.352. The molecule has 4 rings (SSSR count). The normalized spacial score (nSPS) is 11.2. The molecule has 1 heterocycles. The van der Waals surface area contributed by atoms with E-state index in [0.29, 0.717) is 29.8 Å². The minimum Gasteiger partial charge on any atom is -0.478 e. The fourth-order valence-corrected chi connectivity index (χ4v) is 4.21. The Morgan fingerprint density at radius 3 is 2.21 bits per heavy atom. The topological polar surface area (TPSA) is 64.2 Å². The zero-order chi connectivity index (χ0) is 24.2. The number of aromatic carboxylic acids is 1. The highest BCUT2D eigenvalue weighted by Crippen LogP contribution is 2.28. The Morgan fingerprint density at radius 1 is 0.941 bits per heavy atom. The summed E-state index contributed by atoms with van der Waals surface area (Å²) >= 11 is 0. The van der Waals surface area contributed by atoms with Crippen molar-refractivity contribution in [1.82, 2.24) is 9.13 Å². The molecular formula is C27H24F2N2O3. The van der Waals surface area contributed by atoms with Crippen LogP contribution in [0, 0.1) is 0 Å². The van der Waals surface area contributed by atoms with Crippen LogP contribution in [0.4, 0.5) is 8.78 Å². The van der Waals surface area contributed by atoms with Crippen LogP contribution in [0.15, 0.2) is 83.7 Å². The molecule has 0 atom stereocenters. The minimum absolute atomic E-state index is 0.134. The number of hydrogen-bond donors (Lipinski definition) is 1. The van der Waals surface area contributed by atoms with E-state index in [1.165, 1.54) is 4.57 Å². The SMILES string of the molecule is CCCc1c(C(F)F)n(-c2ccccc2)c(=O)n1Cc1ccc(-c2ccccc2C(=O)O)cc1. The Balaban J connectivity index is 1.76. The second-order valence-corrected chi connectivity index (χ2v) is 7.97. The lowest BCUT2D eigenvalue weighted by molar-refractivity contribution is 0.0697. The molecule has 1 N–H and O–H groups in total. The summed E-state index contributed by atoms with van der Waals surface area (Å²) in [6.07, 6.45) is -1.84. The lowest BCUT2D eigenvalue weighted by Crippen LogP contribution is -2.25. The summed E-state index contributed by atoms with van der Waals surface area (Å²) in [6, 6.07) is 22.3. The molecule has 0 unspecified atom stereocenters. The predicted octanol–water partition coefficient (Wildman–Crippen LogP) is 5.94. The molecule has 174 valence electrons. The molecule has 0 fully saturated rings. The first-order valence-corrected chi connectivity index (χ1v) is 11.0. The Labute approximate surface area is 195 Å². The van der Waals surface area contributed by atoms with Gasteiger partial charge in [-0.05, 0) is 41.3 Å². The van der Waals surface area contributed by atoms with Crippen molar-refractivity contribution in [3.63, 3.8) is 0 Å². The zero-order valence-corrected chi connectivity index (χ0v) is 18.6. The molecule has 0 radical (unpaired) electrons. The lowest BCUT2D eigenvalue weighted by atomic mass is 9.99. The number of para-hydroxylation sites is 1. The maximum absolute atomic E-state index is 14.2. The van der Waals surface area contributed by atoms with Crippen LogP contribution in [0.25, 0.3) is 16.8 Å². The fourth-order valence-electron chi connectivity index (χ4n) is 4.21. The van der Waals surface area contributed by atoms with E-state index in [2.05, 4.69) is 0 Å². The van der Waals surface area contributed by atoms with Crippen LogP contribution in [0.1, 0.15) is 47.1 Å². The summed E-state index contributed by atoms with van der Waals surface area (Å²) in [7, 11) is 0. The highest BCUT2D eigenvalue weighted by atomic mass is 19.3. The third-order valence-electron chi connectivity index (χ3n) is 5.76. The number of benzene rings is 3. The van der Waals surface area contributed by atoms with Gasteiger partial charge in [-0.25, -0.2) is 18.4 Å². The van der Waals surface area contributed by atoms with Crippen LogP contribution in [-0.4, -0.2) is 20.2 Å². The molecule has 0 aliphatic carbocycles. The molecule has 0 amide bonds. The number of hydrogen-bond acceptors (Lipinski definition) is 2. The van der Waals surface area contributed by atoms with E-state index in [1.807, 2.05) is 6.92 Å². The van der Waals surface area contributed by atoms with Crippen molar-refractivity contribution >= 4 is 5.97 Å². The maximum Gasteiger partial charge on any atom is 0.336 e. The Bertz CT molecular complexity index is 1360. The summed E-state index contributed by atoms with van der Waals surface area (Å²) in [5.74, 6) is -1.02. The van der Waals surface area contributed by atoms with Gasteiger partial charge in [-0.3, -0.25) is 9.13 Å². The van der Waals surface area contributed by atoms with Gasteiger partial charge in [0.2, 0.25) is 0 Å². The van der Waals surface area contributed by atoms with Crippen LogP contribution in [0.3, 0.4) is 0 Å². The van der Waals surface area contributed by atoms with Gasteiger partial charge < -0.3 is 5.11 Å². The lowest BCUT2D eigenvalue weighted by Gasteiger charge is -2.11. The number of carboxylic acid groups (broad SMARTS) is 1. The Kier molecular flexibility index (Phi) is 6.72. The minimum atomic E-state index is -2.80. The number of halogens is 2. The molecule has 1 aromatic heterocycles. The molecule has 5 nitrogen and oxygen atoms in total. The third-order valence-corrected chi connectivity index (χ3v) is 5.76. The van der Waals surface area contributed by atoms with Crippen LogP contribution < -0.4 is 5.69 Å². The van der Waals surface area contributed by atoms with Crippen molar-refractivity contribution in [3.8, 4) is 16.8 Å². The molecule has 0 aliphatic heterocycles. The molecular weight excluding hydrogens is 438 g/mol. The second kappa shape index (κ2) is 9.87. The summed E-state index contributed by atoms with van der Waals surface area (Å²) in [5, 5.41) is 9.45. The summed E-state index contributed by atoms with van der Waals surface area (Å²) in [5.41, 5.74) is 2.19. The molecule has 0 aliphatic rings. The number of rotatable bonds is 8. The van der Waals surface area contributed by atoms with E-state index >= 15 is 0 Å². The van der Waals surface area contributed by atoms with Crippen LogP contribution in [0.5, 0.6) is 0 Å². The smallest absolute Gasteiger partial charge is 0.336 e. The zero-order valence-electron chi connectivity index (χ0n) is 18.6. The van der Waals surface area contributed by atoms with E-state index in [1.54, 1.807) is 78.9 Å². The molecule has 0 bridgehead atoms. The number of alkyl halides is 2. The van der Waals surface area contributed by atoms with Crippen LogP contribution in [-0.2, 0) is 13.0 Å². The molecule has 7 heteroatoms. The predicted molar refractivity (Wildman–Crippen MR) is 127 cm³/mol. The highest BCUT2D eigenvalue weighted by Gasteiger charge is 2.26. The number of imidazole rings is 1. The summed E-state index contributed by atoms with van der Waals surface area (Å²) in [6.45, 7) is 2.02. The molecule has 3 aromatic carbocycles. The van der Waals surface area contributed by atoms with Gasteiger partial charge in [-0.15, -0.1) is 0 Å². The average Bonchev–Trinajstić information content (AvgIpc) is 3.12. The first kappa shape index (κ1) is 23.2. The highest BCUT2D eigenvalue weighted by molar-refractivity contribution is 5.95. The van der Waals surface area contributed by atoms with Gasteiger partial charge in [-0.1, -0.05) is 74.0 Å². The summed E-state index contributed by atoms with van der Waals surface area (Å²) < 4.78 is 30.8. The molecule has 0 saturated heterocycles. The van der Waals surface area contributed by atoms with E-state index < -0.39 is 18.1 Å². The molecule has 0 saturated carbocycles. The van der Waals surface area contributed by atoms with E-state index in [9.17, 15) is 23.5 Å². The van der Waals surface area contributed by atoms with Gasteiger partial charge in [-0.2, -0.15) is 0 Å². The van der Waals surface area contributed by atoms with Crippen molar-refractivity contribution < 1.29 is 18.7 Å². The molecule has 0 spiro atoms. The van der Waals surface area contributed by atoms with E-state index in [0.717, 1.165) is 15.7 Å². The number of aromatic nitrogens is 2. The number of carboxylic acids is 1. The third kappa shape index (κ3) is 4.41. The van der Waals surface area contributed by atoms with Crippen LogP contribution >= 0.6 is 0 Å². The standard InChI is InChI=1S/C27H24F2N2O3/c1-2-8-23-24(25(28)29)31(20-9-4-3-5-10-20)27(34)30(23)17-18-13-15-19(16-14-18)21-11-6-7-12-22(21)26(32)33/h3-7,9-16,25H,2,8,17H2,1H3,(H,32,33). The molecule has 34 heavy (non-hydrogen) atoms. The molecule has 4 aromatic rings. The maximum atomic E-state index is 14.2. The monoisotopic (exact) mass is 462 g/mol. The van der Waals surface area contributed by atoms with E-state index in [-0.39, 0.29) is 17.8 Å². The van der Waals surface area contributed by atoms with Gasteiger partial charge in [0.1, 0.15) is 5.69 Å². The Morgan fingerprint density at radius 2 is 1.59 bits per heavy atom. The van der Waals surface area contributed by atoms with Crippen molar-refractivity contribution in [2.75, 3.05) is 0 Å². The van der Waals surface area contributed by atoms with E-state index in [4.69, 9.17) is 0 Å². The second-order valence-electron chi connectivity index (χ2n) is 7.97. The van der Waals surface area contributed by atoms with Crippen molar-refractivity contribution in [2.24, 2.45) is 0 Å². The summed E-state index contributed by atoms with van der Waals surface area (Å²) in [4.78, 5) is 24.9. The Hall–Kier alpha value is -4.00. The van der Waals surface area contributed by atoms with Crippen molar-refractivity contribution in [3.05, 3.63) is 112 Å². The largest absolute Gasteiger partial charge is 0.478 e. The fraction of sp³-hybridized carbons (Fsp3) is 0.185. The first-order valence-electron chi connectivity index (χ1n) is 11.0. The van der Waals surface area contributed by atoms with Crippen molar-refractivity contribution in [1.29, 1.82) is 0 Å². The van der Waals surface area contributed by atoms with Gasteiger partial charge in [0.25, 0.3) is 6.43 Å². The van der Waals surface area contributed by atoms with Crippen LogP contribution in [0.2, 0.25) is 0 Å². The number of nitrogens with zero attached hydrogens (tertiary/aromatic N) is 2. The van der Waals surface area contributed by atoms with Gasteiger partial charge >= 0.3 is 11.7 Å². The average molecular weight is 462 g/mol. The van der Waals surface area contributed by atoms with Gasteiger partial charge in [0.05, 0.1) is 17.8 Å². The van der Waals surface area contributed by atoms with Gasteiger partial charge in [0.15, 0.2) is 0 Å².